The number of piperazine rings is 1. The minimum atomic E-state index is -3.21. The monoisotopic (exact) mass is 629 g/mol. The van der Waals surface area contributed by atoms with Crippen LogP contribution in [0.25, 0.3) is 0 Å². The summed E-state index contributed by atoms with van der Waals surface area (Å²) in [6.07, 6.45) is 9.97. The molecule has 2 N–H and O–H groups in total. The van der Waals surface area contributed by atoms with Crippen LogP contribution in [0.4, 0.5) is 14.6 Å². The number of pyridine rings is 1. The van der Waals surface area contributed by atoms with Crippen LogP contribution >= 0.6 is 22.9 Å². The molecule has 1 aliphatic carbocycles. The van der Waals surface area contributed by atoms with E-state index < -0.39 is 29.3 Å². The second-order valence-electron chi connectivity index (χ2n) is 10.6. The average Bonchev–Trinajstić information content (AvgIpc) is 3.68. The lowest BCUT2D eigenvalue weighted by Crippen LogP contribution is -2.48. The van der Waals surface area contributed by atoms with Crippen LogP contribution in [0.2, 0.25) is 5.02 Å². The topological polar surface area (TPSA) is 120 Å². The minimum absolute atomic E-state index is 0.0786. The Bertz CT molecular complexity index is 1550. The molecule has 0 bridgehead atoms. The van der Waals surface area contributed by atoms with E-state index in [9.17, 15) is 23.2 Å². The normalized spacial score (nSPS) is 17.9. The number of carbonyl (C=O) groups is 3. The molecule has 2 aromatic heterocycles. The van der Waals surface area contributed by atoms with E-state index in [4.69, 9.17) is 11.6 Å². The molecule has 3 amide bonds. The molecule has 1 atom stereocenters. The number of anilines is 1. The maximum atomic E-state index is 13.8. The number of alkyl halides is 2. The maximum Gasteiger partial charge on any atom is 0.272 e. The standard InChI is InChI=1S/C29H30ClF2N7O3S/c1-17(27-35-16-23(43-27)26(41)37-24-14-20(29(2,31)32)21(30)15-34-24)36-25(40)22-13-19(5-3-4-8-33-22)38-9-11-39(12-10-38)28(42)18-6-7-18/h3,8,13-18H,5-7,9-12H2,1-2H3,(H,36,40)(H,34,37,41). The van der Waals surface area contributed by atoms with E-state index in [0.29, 0.717) is 44.5 Å². The molecule has 0 aromatic carbocycles. The number of amides is 3. The summed E-state index contributed by atoms with van der Waals surface area (Å²) in [7, 11) is 0. The van der Waals surface area contributed by atoms with E-state index in [1.54, 1.807) is 13.0 Å². The molecule has 0 spiro atoms. The Morgan fingerprint density at radius 3 is 2.58 bits per heavy atom. The van der Waals surface area contributed by atoms with Crippen LogP contribution in [0, 0.1) is 5.92 Å². The van der Waals surface area contributed by atoms with Crippen LogP contribution in [0.5, 0.6) is 0 Å². The number of aromatic nitrogens is 2. The van der Waals surface area contributed by atoms with E-state index in [1.807, 2.05) is 11.0 Å². The molecule has 1 saturated carbocycles. The maximum absolute atomic E-state index is 13.8. The summed E-state index contributed by atoms with van der Waals surface area (Å²) in [5.74, 6) is -3.87. The smallest absolute Gasteiger partial charge is 0.272 e. The predicted octanol–water partition coefficient (Wildman–Crippen LogP) is 4.68. The van der Waals surface area contributed by atoms with Gasteiger partial charge in [-0.1, -0.05) is 11.6 Å². The molecule has 1 unspecified atom stereocenters. The van der Waals surface area contributed by atoms with Crippen molar-refractivity contribution in [2.24, 2.45) is 10.9 Å². The van der Waals surface area contributed by atoms with Gasteiger partial charge in [0.2, 0.25) is 5.91 Å². The molecule has 14 heteroatoms. The first-order valence-corrected chi connectivity index (χ1v) is 15.0. The number of aliphatic imine (C=N–C) groups is 1. The number of carbonyl (C=O) groups excluding carboxylic acids is 3. The fourth-order valence-corrected chi connectivity index (χ4v) is 5.76. The van der Waals surface area contributed by atoms with Gasteiger partial charge in [0.05, 0.1) is 23.5 Å². The fourth-order valence-electron chi connectivity index (χ4n) is 4.67. The average molecular weight is 630 g/mol. The summed E-state index contributed by atoms with van der Waals surface area (Å²) in [5.41, 5.74) is 3.63. The largest absolute Gasteiger partial charge is 0.371 e. The highest BCUT2D eigenvalue weighted by Crippen LogP contribution is 2.34. The molecule has 1 saturated heterocycles. The Morgan fingerprint density at radius 2 is 1.88 bits per heavy atom. The van der Waals surface area contributed by atoms with Crippen molar-refractivity contribution in [3.63, 3.8) is 0 Å². The van der Waals surface area contributed by atoms with Gasteiger partial charge >= 0.3 is 0 Å². The first kappa shape index (κ1) is 30.5. The molecule has 226 valence electrons. The van der Waals surface area contributed by atoms with Gasteiger partial charge in [-0.05, 0) is 38.0 Å². The number of thiazole rings is 1. The highest BCUT2D eigenvalue weighted by molar-refractivity contribution is 7.13. The number of halogens is 3. The van der Waals surface area contributed by atoms with Gasteiger partial charge in [-0.3, -0.25) is 14.4 Å². The molecule has 43 heavy (non-hydrogen) atoms. The molecule has 4 heterocycles. The molecule has 0 radical (unpaired) electrons. The van der Waals surface area contributed by atoms with Gasteiger partial charge < -0.3 is 20.4 Å². The van der Waals surface area contributed by atoms with Crippen molar-refractivity contribution in [2.45, 2.75) is 45.1 Å². The van der Waals surface area contributed by atoms with Crippen LogP contribution in [0.1, 0.15) is 59.4 Å². The zero-order valence-corrected chi connectivity index (χ0v) is 25.1. The van der Waals surface area contributed by atoms with Gasteiger partial charge in [0.25, 0.3) is 17.7 Å². The van der Waals surface area contributed by atoms with E-state index in [0.717, 1.165) is 42.1 Å². The van der Waals surface area contributed by atoms with Gasteiger partial charge in [-0.15, -0.1) is 17.1 Å². The van der Waals surface area contributed by atoms with Gasteiger partial charge in [0.15, 0.2) is 0 Å². The van der Waals surface area contributed by atoms with Crippen molar-refractivity contribution in [2.75, 3.05) is 31.5 Å². The Labute approximate surface area is 256 Å². The van der Waals surface area contributed by atoms with Crippen LogP contribution in [0.3, 0.4) is 0 Å². The lowest BCUT2D eigenvalue weighted by Gasteiger charge is -2.37. The zero-order valence-electron chi connectivity index (χ0n) is 23.6. The molecule has 5 rings (SSSR count). The lowest BCUT2D eigenvalue weighted by molar-refractivity contribution is -0.134. The number of rotatable bonds is 8. The first-order valence-electron chi connectivity index (χ1n) is 13.8. The Balaban J connectivity index is 1.21. The number of nitrogens with zero attached hydrogens (tertiary/aromatic N) is 5. The van der Waals surface area contributed by atoms with E-state index in [1.165, 1.54) is 12.4 Å². The van der Waals surface area contributed by atoms with Gasteiger partial charge in [-0.25, -0.2) is 23.7 Å². The summed E-state index contributed by atoms with van der Waals surface area (Å²) >= 11 is 6.88. The molecular formula is C29H30ClF2N7O3S. The van der Waals surface area contributed by atoms with Gasteiger partial charge in [0.1, 0.15) is 21.4 Å². The summed E-state index contributed by atoms with van der Waals surface area (Å²) in [4.78, 5) is 55.2. The van der Waals surface area contributed by atoms with Crippen molar-refractivity contribution in [1.82, 2.24) is 25.1 Å². The first-order chi connectivity index (χ1) is 20.5. The highest BCUT2D eigenvalue weighted by Gasteiger charge is 2.35. The molecule has 10 nitrogen and oxygen atoms in total. The zero-order chi connectivity index (χ0) is 30.7. The summed E-state index contributed by atoms with van der Waals surface area (Å²) in [6.45, 7) is 5.06. The lowest BCUT2D eigenvalue weighted by atomic mass is 10.1. The molecule has 2 aliphatic heterocycles. The van der Waals surface area contributed by atoms with Crippen molar-refractivity contribution < 1.29 is 23.2 Å². The van der Waals surface area contributed by atoms with Gasteiger partial charge in [0, 0.05) is 62.9 Å². The Hall–Kier alpha value is -3.93. The summed E-state index contributed by atoms with van der Waals surface area (Å²) < 4.78 is 27.6. The third-order valence-corrected chi connectivity index (χ3v) is 8.68. The van der Waals surface area contributed by atoms with Crippen molar-refractivity contribution in [3.05, 3.63) is 68.7 Å². The molecule has 2 fully saturated rings. The van der Waals surface area contributed by atoms with Crippen LogP contribution in [-0.4, -0.2) is 69.4 Å². The van der Waals surface area contributed by atoms with Crippen LogP contribution < -0.4 is 10.6 Å². The Kier molecular flexibility index (Phi) is 9.05. The fraction of sp³-hybridized carbons (Fsp3) is 0.414. The Morgan fingerprint density at radius 1 is 1.14 bits per heavy atom. The second kappa shape index (κ2) is 12.7. The van der Waals surface area contributed by atoms with Crippen molar-refractivity contribution >= 4 is 52.2 Å². The van der Waals surface area contributed by atoms with Crippen molar-refractivity contribution in [3.8, 4) is 0 Å². The second-order valence-corrected chi connectivity index (χ2v) is 12.1. The van der Waals surface area contributed by atoms with Crippen LogP contribution in [0.15, 0.2) is 53.2 Å². The number of nitrogens with one attached hydrogen (secondary N) is 2. The third kappa shape index (κ3) is 7.54. The number of hydrogen-bond donors (Lipinski definition) is 2. The summed E-state index contributed by atoms with van der Waals surface area (Å²) in [5, 5.41) is 5.61. The predicted molar refractivity (Wildman–Crippen MR) is 159 cm³/mol. The summed E-state index contributed by atoms with van der Waals surface area (Å²) in [6, 6.07) is 0.472. The van der Waals surface area contributed by atoms with E-state index in [2.05, 4.69) is 36.2 Å². The van der Waals surface area contributed by atoms with Crippen LogP contribution in [-0.2, 0) is 15.5 Å². The highest BCUT2D eigenvalue weighted by atomic mass is 35.5. The number of hydrogen-bond acceptors (Lipinski definition) is 8. The molecular weight excluding hydrogens is 600 g/mol. The van der Waals surface area contributed by atoms with Crippen molar-refractivity contribution in [1.29, 1.82) is 0 Å². The van der Waals surface area contributed by atoms with Gasteiger partial charge in [-0.2, -0.15) is 0 Å². The number of allylic oxidation sites excluding steroid dienone is 1. The molecule has 2 aromatic rings. The quantitative estimate of drug-likeness (QED) is 0.409. The SMILES string of the molecule is CC(NC(=O)C1=NC=C=CCC(N2CCN(C(=O)C3CC3)CC2)=C1)c1ncc(C(=O)Nc2cc(C(C)(F)F)c(Cl)cn2)s1. The molecule has 3 aliphatic rings. The third-order valence-electron chi connectivity index (χ3n) is 7.20. The van der Waals surface area contributed by atoms with E-state index in [-0.39, 0.29) is 33.3 Å². The van der Waals surface area contributed by atoms with E-state index >= 15 is 0 Å². The minimum Gasteiger partial charge on any atom is -0.371 e.